The standard InChI is InChI=1S/C25H28FNO6/c1-5-32-18-8-6-7-16(13-18)22-21(23(28)19-14-17(26)9-10-20(19)31-4)24(29)25(30)27(22)11-12-33-15(2)3/h6-10,13-15,22,28H,5,11-12H2,1-4H3/b23-21+. The van der Waals surface area contributed by atoms with Gasteiger partial charge in [-0.2, -0.15) is 0 Å². The number of aliphatic hydroxyl groups is 1. The van der Waals surface area contributed by atoms with E-state index in [2.05, 4.69) is 0 Å². The van der Waals surface area contributed by atoms with Gasteiger partial charge in [0.15, 0.2) is 0 Å². The molecule has 1 atom stereocenters. The van der Waals surface area contributed by atoms with Gasteiger partial charge in [0.25, 0.3) is 11.7 Å². The highest BCUT2D eigenvalue weighted by Gasteiger charge is 2.46. The lowest BCUT2D eigenvalue weighted by atomic mass is 9.94. The molecule has 2 aromatic rings. The van der Waals surface area contributed by atoms with E-state index in [0.717, 1.165) is 6.07 Å². The topological polar surface area (TPSA) is 85.3 Å². The zero-order valence-corrected chi connectivity index (χ0v) is 19.1. The van der Waals surface area contributed by atoms with Crippen LogP contribution >= 0.6 is 0 Å². The van der Waals surface area contributed by atoms with E-state index in [0.29, 0.717) is 17.9 Å². The minimum Gasteiger partial charge on any atom is -0.507 e. The van der Waals surface area contributed by atoms with Crippen molar-refractivity contribution in [1.29, 1.82) is 0 Å². The van der Waals surface area contributed by atoms with Gasteiger partial charge in [0.2, 0.25) is 0 Å². The van der Waals surface area contributed by atoms with Crippen LogP contribution in [-0.2, 0) is 14.3 Å². The summed E-state index contributed by atoms with van der Waals surface area (Å²) in [6.45, 7) is 6.35. The van der Waals surface area contributed by atoms with Crippen molar-refractivity contribution >= 4 is 17.4 Å². The molecule has 0 saturated carbocycles. The summed E-state index contributed by atoms with van der Waals surface area (Å²) in [6, 6.07) is 9.65. The van der Waals surface area contributed by atoms with Gasteiger partial charge in [0.1, 0.15) is 23.1 Å². The van der Waals surface area contributed by atoms with Crippen LogP contribution in [0.25, 0.3) is 5.76 Å². The van der Waals surface area contributed by atoms with Crippen molar-refractivity contribution in [2.75, 3.05) is 26.9 Å². The van der Waals surface area contributed by atoms with E-state index >= 15 is 0 Å². The molecule has 7 nitrogen and oxygen atoms in total. The maximum Gasteiger partial charge on any atom is 0.295 e. The number of hydrogen-bond donors (Lipinski definition) is 1. The fourth-order valence-electron chi connectivity index (χ4n) is 3.80. The molecule has 3 rings (SSSR count). The molecule has 0 aromatic heterocycles. The van der Waals surface area contributed by atoms with Gasteiger partial charge < -0.3 is 24.2 Å². The van der Waals surface area contributed by atoms with Crippen molar-refractivity contribution < 1.29 is 33.3 Å². The van der Waals surface area contributed by atoms with Crippen molar-refractivity contribution in [2.24, 2.45) is 0 Å². The summed E-state index contributed by atoms with van der Waals surface area (Å²) in [5.41, 5.74) is 0.406. The van der Waals surface area contributed by atoms with Crippen LogP contribution in [0, 0.1) is 5.82 Å². The maximum atomic E-state index is 14.0. The van der Waals surface area contributed by atoms with Crippen molar-refractivity contribution in [1.82, 2.24) is 4.90 Å². The highest BCUT2D eigenvalue weighted by molar-refractivity contribution is 6.46. The molecule has 1 N–H and O–H groups in total. The smallest absolute Gasteiger partial charge is 0.295 e. The lowest BCUT2D eigenvalue weighted by molar-refractivity contribution is -0.140. The highest BCUT2D eigenvalue weighted by atomic mass is 19.1. The Hall–Kier alpha value is -3.39. The number of likely N-dealkylation sites (tertiary alicyclic amines) is 1. The van der Waals surface area contributed by atoms with E-state index in [-0.39, 0.29) is 36.1 Å². The Morgan fingerprint density at radius 3 is 2.61 bits per heavy atom. The van der Waals surface area contributed by atoms with Gasteiger partial charge in [0.05, 0.1) is 43.6 Å². The maximum absolute atomic E-state index is 14.0. The lowest BCUT2D eigenvalue weighted by Crippen LogP contribution is -2.33. The number of hydrogen-bond acceptors (Lipinski definition) is 6. The number of benzene rings is 2. The van der Waals surface area contributed by atoms with Crippen LogP contribution in [-0.4, -0.2) is 54.7 Å². The Morgan fingerprint density at radius 2 is 1.94 bits per heavy atom. The Morgan fingerprint density at radius 1 is 1.18 bits per heavy atom. The molecule has 1 saturated heterocycles. The van der Waals surface area contributed by atoms with Gasteiger partial charge in [-0.15, -0.1) is 0 Å². The normalized spacial score (nSPS) is 17.6. The number of halogens is 1. The third-order valence-corrected chi connectivity index (χ3v) is 5.22. The SMILES string of the molecule is CCOc1cccc(C2/C(=C(\O)c3cc(F)ccc3OC)C(=O)C(=O)N2CCOC(C)C)c1. The first-order valence-corrected chi connectivity index (χ1v) is 10.7. The Bertz CT molecular complexity index is 1060. The first-order valence-electron chi connectivity index (χ1n) is 10.7. The van der Waals surface area contributed by atoms with Crippen LogP contribution < -0.4 is 9.47 Å². The summed E-state index contributed by atoms with van der Waals surface area (Å²) >= 11 is 0. The van der Waals surface area contributed by atoms with E-state index < -0.39 is 29.3 Å². The summed E-state index contributed by atoms with van der Waals surface area (Å²) < 4.78 is 30.4. The Balaban J connectivity index is 2.17. The van der Waals surface area contributed by atoms with Crippen LogP contribution in [0.3, 0.4) is 0 Å². The first kappa shape index (κ1) is 24.3. The number of Topliss-reactive ketones (excluding diaryl/α,β-unsaturated/α-hetero) is 1. The van der Waals surface area contributed by atoms with Gasteiger partial charge in [-0.1, -0.05) is 12.1 Å². The van der Waals surface area contributed by atoms with Crippen LogP contribution in [0.2, 0.25) is 0 Å². The number of methoxy groups -OCH3 is 1. The summed E-state index contributed by atoms with van der Waals surface area (Å²) in [5.74, 6) is -2.04. The van der Waals surface area contributed by atoms with Crippen LogP contribution in [0.1, 0.15) is 37.9 Å². The molecule has 176 valence electrons. The molecule has 1 unspecified atom stereocenters. The van der Waals surface area contributed by atoms with Crippen molar-refractivity contribution in [3.8, 4) is 11.5 Å². The number of aliphatic hydroxyl groups excluding tert-OH is 1. The summed E-state index contributed by atoms with van der Waals surface area (Å²) in [5, 5.41) is 11.2. The number of carbonyl (C=O) groups excluding carboxylic acids is 2. The summed E-state index contributed by atoms with van der Waals surface area (Å²) in [6.07, 6.45) is -0.0573. The molecular formula is C25H28FNO6. The molecule has 1 fully saturated rings. The minimum absolute atomic E-state index is 0.0140. The number of nitrogens with zero attached hydrogens (tertiary/aromatic N) is 1. The van der Waals surface area contributed by atoms with E-state index in [1.54, 1.807) is 24.3 Å². The lowest BCUT2D eigenvalue weighted by Gasteiger charge is -2.26. The minimum atomic E-state index is -0.908. The largest absolute Gasteiger partial charge is 0.507 e. The zero-order chi connectivity index (χ0) is 24.1. The number of ether oxygens (including phenoxy) is 3. The monoisotopic (exact) mass is 457 g/mol. The molecule has 1 amide bonds. The predicted molar refractivity (Wildman–Crippen MR) is 121 cm³/mol. The molecule has 0 bridgehead atoms. The van der Waals surface area contributed by atoms with Crippen molar-refractivity contribution in [3.63, 3.8) is 0 Å². The second-order valence-corrected chi connectivity index (χ2v) is 7.76. The van der Waals surface area contributed by atoms with Gasteiger partial charge in [-0.25, -0.2) is 4.39 Å². The Labute approximate surface area is 192 Å². The molecular weight excluding hydrogens is 429 g/mol. The van der Waals surface area contributed by atoms with Gasteiger partial charge in [-0.05, 0) is 56.7 Å². The molecule has 2 aromatic carbocycles. The highest BCUT2D eigenvalue weighted by Crippen LogP contribution is 2.41. The number of amides is 1. The van der Waals surface area contributed by atoms with E-state index in [1.807, 2.05) is 20.8 Å². The number of ketones is 1. The average Bonchev–Trinajstić information content (AvgIpc) is 3.04. The van der Waals surface area contributed by atoms with Gasteiger partial charge in [-0.3, -0.25) is 9.59 Å². The fourth-order valence-corrected chi connectivity index (χ4v) is 3.80. The molecule has 33 heavy (non-hydrogen) atoms. The predicted octanol–water partition coefficient (Wildman–Crippen LogP) is 4.08. The van der Waals surface area contributed by atoms with Crippen LogP contribution in [0.4, 0.5) is 4.39 Å². The molecule has 1 aliphatic heterocycles. The number of carbonyl (C=O) groups is 2. The van der Waals surface area contributed by atoms with Crippen molar-refractivity contribution in [2.45, 2.75) is 32.9 Å². The molecule has 0 radical (unpaired) electrons. The van der Waals surface area contributed by atoms with E-state index in [1.165, 1.54) is 24.1 Å². The molecule has 1 heterocycles. The van der Waals surface area contributed by atoms with Gasteiger partial charge >= 0.3 is 0 Å². The summed E-state index contributed by atoms with van der Waals surface area (Å²) in [4.78, 5) is 27.4. The Kier molecular flexibility index (Phi) is 7.71. The zero-order valence-electron chi connectivity index (χ0n) is 19.1. The second kappa shape index (κ2) is 10.5. The molecule has 0 spiro atoms. The van der Waals surface area contributed by atoms with Crippen molar-refractivity contribution in [3.05, 3.63) is 65.0 Å². The second-order valence-electron chi connectivity index (χ2n) is 7.76. The van der Waals surface area contributed by atoms with Crippen LogP contribution in [0.5, 0.6) is 11.5 Å². The number of rotatable bonds is 9. The molecule has 1 aliphatic rings. The molecule has 8 heteroatoms. The average molecular weight is 457 g/mol. The van der Waals surface area contributed by atoms with E-state index in [4.69, 9.17) is 14.2 Å². The van der Waals surface area contributed by atoms with Gasteiger partial charge in [0, 0.05) is 6.54 Å². The summed E-state index contributed by atoms with van der Waals surface area (Å²) in [7, 11) is 1.37. The van der Waals surface area contributed by atoms with E-state index in [9.17, 15) is 19.1 Å². The quantitative estimate of drug-likeness (QED) is 0.347. The third-order valence-electron chi connectivity index (χ3n) is 5.22. The fraction of sp³-hybridized carbons (Fsp3) is 0.360. The first-order chi connectivity index (χ1) is 15.8. The molecule has 0 aliphatic carbocycles. The third kappa shape index (κ3) is 5.17. The van der Waals surface area contributed by atoms with Crippen LogP contribution in [0.15, 0.2) is 48.0 Å².